The Balaban J connectivity index is 1.56. The zero-order valence-corrected chi connectivity index (χ0v) is 14.7. The van der Waals surface area contributed by atoms with Crippen LogP contribution in [0.4, 0.5) is 0 Å². The van der Waals surface area contributed by atoms with Gasteiger partial charge in [-0.25, -0.2) is 0 Å². The number of nitrogens with zero attached hydrogens (tertiary/aromatic N) is 1. The fourth-order valence-electron chi connectivity index (χ4n) is 2.78. The number of nitrogens with one attached hydrogen (secondary N) is 1. The molecule has 25 heavy (non-hydrogen) atoms. The van der Waals surface area contributed by atoms with Crippen LogP contribution in [0.3, 0.4) is 0 Å². The van der Waals surface area contributed by atoms with Crippen LogP contribution in [-0.2, 0) is 6.61 Å². The van der Waals surface area contributed by atoms with E-state index in [0.717, 1.165) is 11.4 Å². The maximum Gasteiger partial charge on any atom is 0.119 e. The molecule has 128 valence electrons. The van der Waals surface area contributed by atoms with E-state index in [9.17, 15) is 0 Å². The molecule has 2 aromatic carbocycles. The standard InChI is InChI=1S/C22H24N2O/c1-17(24-18(2)22-10-6-7-15-23-22)20-11-13-21(14-12-20)25-16-19-8-4-3-5-9-19/h3-15,17-18,24H,16H2,1-2H3/t17?,18-/m0/s1. The number of hydrogen-bond donors (Lipinski definition) is 1. The van der Waals surface area contributed by atoms with Crippen LogP contribution in [0.5, 0.6) is 5.75 Å². The van der Waals surface area contributed by atoms with Gasteiger partial charge in [-0.3, -0.25) is 4.98 Å². The van der Waals surface area contributed by atoms with Gasteiger partial charge in [0.25, 0.3) is 0 Å². The van der Waals surface area contributed by atoms with Gasteiger partial charge in [-0.1, -0.05) is 48.5 Å². The molecule has 1 N–H and O–H groups in total. The topological polar surface area (TPSA) is 34.2 Å². The average Bonchev–Trinajstić information content (AvgIpc) is 2.68. The van der Waals surface area contributed by atoms with Gasteiger partial charge in [0.1, 0.15) is 12.4 Å². The second-order valence-electron chi connectivity index (χ2n) is 6.21. The number of pyridine rings is 1. The summed E-state index contributed by atoms with van der Waals surface area (Å²) in [7, 11) is 0. The smallest absolute Gasteiger partial charge is 0.119 e. The van der Waals surface area contributed by atoms with E-state index in [0.29, 0.717) is 6.61 Å². The largest absolute Gasteiger partial charge is 0.489 e. The van der Waals surface area contributed by atoms with E-state index < -0.39 is 0 Å². The van der Waals surface area contributed by atoms with Crippen molar-refractivity contribution < 1.29 is 4.74 Å². The number of aromatic nitrogens is 1. The van der Waals surface area contributed by atoms with Crippen molar-refractivity contribution in [3.63, 3.8) is 0 Å². The van der Waals surface area contributed by atoms with Crippen LogP contribution in [0.25, 0.3) is 0 Å². The number of hydrogen-bond acceptors (Lipinski definition) is 3. The minimum atomic E-state index is 0.199. The van der Waals surface area contributed by atoms with Crippen LogP contribution in [-0.4, -0.2) is 4.98 Å². The SMILES string of the molecule is CC(N[C@@H](C)c1ccccn1)c1ccc(OCc2ccccc2)cc1. The van der Waals surface area contributed by atoms with Crippen molar-refractivity contribution in [3.8, 4) is 5.75 Å². The normalized spacial score (nSPS) is 13.2. The first kappa shape index (κ1) is 17.2. The van der Waals surface area contributed by atoms with Gasteiger partial charge < -0.3 is 10.1 Å². The summed E-state index contributed by atoms with van der Waals surface area (Å²) in [6.45, 7) is 4.89. The maximum absolute atomic E-state index is 5.85. The molecule has 0 aliphatic heterocycles. The summed E-state index contributed by atoms with van der Waals surface area (Å²) in [4.78, 5) is 4.41. The second-order valence-corrected chi connectivity index (χ2v) is 6.21. The summed E-state index contributed by atoms with van der Waals surface area (Å²) >= 11 is 0. The first-order valence-electron chi connectivity index (χ1n) is 8.66. The van der Waals surface area contributed by atoms with Gasteiger partial charge in [0.2, 0.25) is 0 Å². The third-order valence-electron chi connectivity index (χ3n) is 4.26. The highest BCUT2D eigenvalue weighted by Gasteiger charge is 2.11. The molecule has 1 heterocycles. The molecule has 1 aromatic heterocycles. The summed E-state index contributed by atoms with van der Waals surface area (Å²) in [5.74, 6) is 0.887. The molecular formula is C22H24N2O. The molecule has 0 bridgehead atoms. The van der Waals surface area contributed by atoms with E-state index >= 15 is 0 Å². The fourth-order valence-corrected chi connectivity index (χ4v) is 2.78. The van der Waals surface area contributed by atoms with Gasteiger partial charge >= 0.3 is 0 Å². The van der Waals surface area contributed by atoms with Crippen molar-refractivity contribution in [1.29, 1.82) is 0 Å². The van der Waals surface area contributed by atoms with Gasteiger partial charge in [0, 0.05) is 18.3 Å². The lowest BCUT2D eigenvalue weighted by Gasteiger charge is -2.20. The van der Waals surface area contributed by atoms with E-state index in [1.165, 1.54) is 11.1 Å². The molecule has 0 spiro atoms. The molecule has 0 fully saturated rings. The molecule has 3 rings (SSSR count). The Labute approximate surface area is 149 Å². The van der Waals surface area contributed by atoms with Gasteiger partial charge in [0.05, 0.1) is 5.69 Å². The third kappa shape index (κ3) is 4.91. The highest BCUT2D eigenvalue weighted by molar-refractivity contribution is 5.29. The highest BCUT2D eigenvalue weighted by Crippen LogP contribution is 2.21. The van der Waals surface area contributed by atoms with Crippen molar-refractivity contribution >= 4 is 0 Å². The third-order valence-corrected chi connectivity index (χ3v) is 4.26. The lowest BCUT2D eigenvalue weighted by molar-refractivity contribution is 0.306. The van der Waals surface area contributed by atoms with Crippen LogP contribution in [0.2, 0.25) is 0 Å². The van der Waals surface area contributed by atoms with Crippen molar-refractivity contribution in [2.75, 3.05) is 0 Å². The quantitative estimate of drug-likeness (QED) is 0.656. The molecule has 0 amide bonds. The van der Waals surface area contributed by atoms with Gasteiger partial charge in [0.15, 0.2) is 0 Å². The van der Waals surface area contributed by atoms with Crippen LogP contribution >= 0.6 is 0 Å². The van der Waals surface area contributed by atoms with E-state index in [1.54, 1.807) is 0 Å². The van der Waals surface area contributed by atoms with Crippen molar-refractivity contribution in [3.05, 3.63) is 95.8 Å². The van der Waals surface area contributed by atoms with Crippen molar-refractivity contribution in [1.82, 2.24) is 10.3 Å². The predicted molar refractivity (Wildman–Crippen MR) is 101 cm³/mol. The van der Waals surface area contributed by atoms with Gasteiger partial charge in [-0.15, -0.1) is 0 Å². The molecule has 0 saturated heterocycles. The van der Waals surface area contributed by atoms with Gasteiger partial charge in [-0.2, -0.15) is 0 Å². The summed E-state index contributed by atoms with van der Waals surface area (Å²) in [5, 5.41) is 3.59. The number of benzene rings is 2. The summed E-state index contributed by atoms with van der Waals surface area (Å²) in [6.07, 6.45) is 1.83. The summed E-state index contributed by atoms with van der Waals surface area (Å²) in [6, 6.07) is 24.9. The zero-order chi connectivity index (χ0) is 17.5. The highest BCUT2D eigenvalue weighted by atomic mass is 16.5. The molecule has 0 radical (unpaired) electrons. The lowest BCUT2D eigenvalue weighted by atomic mass is 10.1. The van der Waals surface area contributed by atoms with E-state index in [-0.39, 0.29) is 12.1 Å². The molecule has 3 heteroatoms. The summed E-state index contributed by atoms with van der Waals surface area (Å²) < 4.78 is 5.85. The molecule has 3 nitrogen and oxygen atoms in total. The Hall–Kier alpha value is -2.65. The Morgan fingerprint density at radius 2 is 1.56 bits per heavy atom. The van der Waals surface area contributed by atoms with E-state index in [2.05, 4.69) is 48.4 Å². The zero-order valence-electron chi connectivity index (χ0n) is 14.7. The Bertz CT molecular complexity index is 757. The second kappa shape index (κ2) is 8.45. The summed E-state index contributed by atoms with van der Waals surface area (Å²) in [5.41, 5.74) is 3.46. The Morgan fingerprint density at radius 3 is 2.24 bits per heavy atom. The number of ether oxygens (including phenoxy) is 1. The van der Waals surface area contributed by atoms with Crippen LogP contribution in [0, 0.1) is 0 Å². The number of rotatable bonds is 7. The van der Waals surface area contributed by atoms with Crippen molar-refractivity contribution in [2.45, 2.75) is 32.5 Å². The molecular weight excluding hydrogens is 308 g/mol. The maximum atomic E-state index is 5.85. The molecule has 3 aromatic rings. The minimum Gasteiger partial charge on any atom is -0.489 e. The molecule has 0 aliphatic carbocycles. The predicted octanol–water partition coefficient (Wildman–Crippen LogP) is 5.07. The van der Waals surface area contributed by atoms with Crippen LogP contribution < -0.4 is 10.1 Å². The molecule has 2 atom stereocenters. The first-order chi connectivity index (χ1) is 12.2. The molecule has 1 unspecified atom stereocenters. The Morgan fingerprint density at radius 1 is 0.840 bits per heavy atom. The average molecular weight is 332 g/mol. The van der Waals surface area contributed by atoms with E-state index in [1.807, 2.05) is 54.7 Å². The monoisotopic (exact) mass is 332 g/mol. The van der Waals surface area contributed by atoms with Crippen LogP contribution in [0.15, 0.2) is 79.0 Å². The van der Waals surface area contributed by atoms with Gasteiger partial charge in [-0.05, 0) is 49.2 Å². The minimum absolute atomic E-state index is 0.199. The first-order valence-corrected chi connectivity index (χ1v) is 8.66. The van der Waals surface area contributed by atoms with Crippen molar-refractivity contribution in [2.24, 2.45) is 0 Å². The van der Waals surface area contributed by atoms with Crippen LogP contribution in [0.1, 0.15) is 42.8 Å². The Kier molecular flexibility index (Phi) is 5.81. The van der Waals surface area contributed by atoms with E-state index in [4.69, 9.17) is 4.74 Å². The fraction of sp³-hybridized carbons (Fsp3) is 0.227. The lowest BCUT2D eigenvalue weighted by Crippen LogP contribution is -2.23. The molecule has 0 saturated carbocycles. The molecule has 0 aliphatic rings.